The molecule has 0 N–H and O–H groups in total. The fraction of sp³-hybridized carbons (Fsp3) is 0.278. The molecule has 0 radical (unpaired) electrons. The molecule has 1 aliphatic heterocycles. The van der Waals surface area contributed by atoms with Gasteiger partial charge in [0.15, 0.2) is 0 Å². The van der Waals surface area contributed by atoms with E-state index in [1.165, 1.54) is 18.2 Å². The number of nitro groups is 1. The summed E-state index contributed by atoms with van der Waals surface area (Å²) < 4.78 is 13.1. The van der Waals surface area contributed by atoms with Gasteiger partial charge in [-0.15, -0.1) is 0 Å². The summed E-state index contributed by atoms with van der Waals surface area (Å²) in [6.07, 6.45) is 0. The first-order valence-corrected chi connectivity index (χ1v) is 8.52. The van der Waals surface area contributed by atoms with Crippen molar-refractivity contribution in [3.05, 3.63) is 74.5 Å². The summed E-state index contributed by atoms with van der Waals surface area (Å²) in [6, 6.07) is 10.4. The predicted molar refractivity (Wildman–Crippen MR) is 95.7 cm³/mol. The van der Waals surface area contributed by atoms with Gasteiger partial charge in [0.05, 0.1) is 15.5 Å². The summed E-state index contributed by atoms with van der Waals surface area (Å²) in [4.78, 5) is 27.0. The maximum absolute atomic E-state index is 13.1. The maximum atomic E-state index is 13.1. The Morgan fingerprint density at radius 1 is 1.15 bits per heavy atom. The summed E-state index contributed by atoms with van der Waals surface area (Å²) in [5, 5.41) is 11.2. The number of hydrogen-bond acceptors (Lipinski definition) is 4. The van der Waals surface area contributed by atoms with E-state index in [9.17, 15) is 19.3 Å². The first kappa shape index (κ1) is 18.3. The van der Waals surface area contributed by atoms with Crippen LogP contribution in [-0.2, 0) is 6.54 Å². The van der Waals surface area contributed by atoms with E-state index >= 15 is 0 Å². The van der Waals surface area contributed by atoms with Crippen molar-refractivity contribution < 1.29 is 14.1 Å². The van der Waals surface area contributed by atoms with Crippen LogP contribution in [0.1, 0.15) is 15.9 Å². The summed E-state index contributed by atoms with van der Waals surface area (Å²) >= 11 is 5.96. The van der Waals surface area contributed by atoms with E-state index in [-0.39, 0.29) is 27.1 Å². The number of carbonyl (C=O) groups is 1. The quantitative estimate of drug-likeness (QED) is 0.605. The highest BCUT2D eigenvalue weighted by Gasteiger charge is 2.25. The standard InChI is InChI=1S/C18H17ClFN3O3/c19-16-11-14(20)5-6-15(16)18(24)22-9-7-21(8-10-22)12-13-3-1-2-4-17(13)23(25)26/h1-6,11H,7-10,12H2. The average molecular weight is 378 g/mol. The Morgan fingerprint density at radius 3 is 2.50 bits per heavy atom. The summed E-state index contributed by atoms with van der Waals surface area (Å²) in [6.45, 7) is 2.60. The van der Waals surface area contributed by atoms with Crippen LogP contribution in [0.25, 0.3) is 0 Å². The molecule has 1 aliphatic rings. The van der Waals surface area contributed by atoms with Crippen molar-refractivity contribution in [2.24, 2.45) is 0 Å². The Bertz CT molecular complexity index is 838. The van der Waals surface area contributed by atoms with E-state index < -0.39 is 5.82 Å². The van der Waals surface area contributed by atoms with Gasteiger partial charge in [-0.2, -0.15) is 0 Å². The lowest BCUT2D eigenvalue weighted by molar-refractivity contribution is -0.385. The van der Waals surface area contributed by atoms with Crippen LogP contribution >= 0.6 is 11.6 Å². The highest BCUT2D eigenvalue weighted by molar-refractivity contribution is 6.33. The Labute approximate surface area is 154 Å². The number of hydrogen-bond donors (Lipinski definition) is 0. The van der Waals surface area contributed by atoms with Gasteiger partial charge in [0, 0.05) is 44.4 Å². The van der Waals surface area contributed by atoms with Gasteiger partial charge in [0.25, 0.3) is 11.6 Å². The van der Waals surface area contributed by atoms with Crippen molar-refractivity contribution in [2.45, 2.75) is 6.54 Å². The molecular weight excluding hydrogens is 361 g/mol. The van der Waals surface area contributed by atoms with Crippen LogP contribution in [0, 0.1) is 15.9 Å². The summed E-state index contributed by atoms with van der Waals surface area (Å²) in [5.41, 5.74) is 1.03. The maximum Gasteiger partial charge on any atom is 0.273 e. The molecule has 6 nitrogen and oxygen atoms in total. The molecule has 0 spiro atoms. The molecule has 0 saturated carbocycles. The van der Waals surface area contributed by atoms with E-state index in [0.29, 0.717) is 38.3 Å². The van der Waals surface area contributed by atoms with E-state index in [1.54, 1.807) is 23.1 Å². The fourth-order valence-electron chi connectivity index (χ4n) is 3.01. The summed E-state index contributed by atoms with van der Waals surface area (Å²) in [7, 11) is 0. The van der Waals surface area contributed by atoms with Crippen LogP contribution in [0.4, 0.5) is 10.1 Å². The van der Waals surface area contributed by atoms with Crippen molar-refractivity contribution in [2.75, 3.05) is 26.2 Å². The van der Waals surface area contributed by atoms with E-state index in [1.807, 2.05) is 0 Å². The normalized spacial score (nSPS) is 15.1. The second-order valence-electron chi connectivity index (χ2n) is 6.08. The Morgan fingerprint density at radius 2 is 1.85 bits per heavy atom. The largest absolute Gasteiger partial charge is 0.336 e. The number of rotatable bonds is 4. The van der Waals surface area contributed by atoms with E-state index in [0.717, 1.165) is 6.07 Å². The Kier molecular flexibility index (Phi) is 5.49. The third-order valence-electron chi connectivity index (χ3n) is 4.40. The lowest BCUT2D eigenvalue weighted by atomic mass is 10.1. The summed E-state index contributed by atoms with van der Waals surface area (Å²) in [5.74, 6) is -0.721. The Hall–Kier alpha value is -2.51. The average Bonchev–Trinajstić information content (AvgIpc) is 2.62. The molecule has 0 atom stereocenters. The molecule has 2 aromatic carbocycles. The minimum absolute atomic E-state index is 0.0948. The lowest BCUT2D eigenvalue weighted by Crippen LogP contribution is -2.48. The van der Waals surface area contributed by atoms with Crippen molar-refractivity contribution >= 4 is 23.2 Å². The number of nitrogens with zero attached hydrogens (tertiary/aromatic N) is 3. The van der Waals surface area contributed by atoms with Gasteiger partial charge in [0.1, 0.15) is 5.82 Å². The van der Waals surface area contributed by atoms with Crippen molar-refractivity contribution in [1.82, 2.24) is 9.80 Å². The van der Waals surface area contributed by atoms with Crippen LogP contribution in [0.2, 0.25) is 5.02 Å². The molecule has 0 aromatic heterocycles. The van der Waals surface area contributed by atoms with E-state index in [4.69, 9.17) is 11.6 Å². The first-order chi connectivity index (χ1) is 12.5. The number of amides is 1. The van der Waals surface area contributed by atoms with Crippen molar-refractivity contribution in [3.8, 4) is 0 Å². The van der Waals surface area contributed by atoms with Crippen LogP contribution in [0.15, 0.2) is 42.5 Å². The molecule has 1 saturated heterocycles. The molecule has 1 heterocycles. The lowest BCUT2D eigenvalue weighted by Gasteiger charge is -2.34. The number of halogens is 2. The molecule has 136 valence electrons. The topological polar surface area (TPSA) is 66.7 Å². The molecule has 8 heteroatoms. The van der Waals surface area contributed by atoms with Gasteiger partial charge in [-0.05, 0) is 18.2 Å². The minimum atomic E-state index is -0.485. The molecule has 26 heavy (non-hydrogen) atoms. The van der Waals surface area contributed by atoms with Crippen LogP contribution in [0.3, 0.4) is 0 Å². The number of piperazine rings is 1. The zero-order valence-electron chi connectivity index (χ0n) is 13.9. The van der Waals surface area contributed by atoms with Gasteiger partial charge in [-0.3, -0.25) is 19.8 Å². The number of benzene rings is 2. The van der Waals surface area contributed by atoms with Crippen LogP contribution < -0.4 is 0 Å². The second-order valence-corrected chi connectivity index (χ2v) is 6.49. The first-order valence-electron chi connectivity index (χ1n) is 8.14. The molecule has 2 aromatic rings. The van der Waals surface area contributed by atoms with E-state index in [2.05, 4.69) is 4.90 Å². The highest BCUT2D eigenvalue weighted by Crippen LogP contribution is 2.22. The van der Waals surface area contributed by atoms with Gasteiger partial charge in [-0.1, -0.05) is 29.8 Å². The molecular formula is C18H17ClFN3O3. The number of nitro benzene ring substituents is 1. The SMILES string of the molecule is O=C(c1ccc(F)cc1Cl)N1CCN(Cc2ccccc2[N+](=O)[O-])CC1. The predicted octanol–water partition coefficient (Wildman–Crippen LogP) is 3.35. The zero-order chi connectivity index (χ0) is 18.7. The number of para-hydroxylation sites is 1. The highest BCUT2D eigenvalue weighted by atomic mass is 35.5. The van der Waals surface area contributed by atoms with Crippen LogP contribution in [0.5, 0.6) is 0 Å². The monoisotopic (exact) mass is 377 g/mol. The smallest absolute Gasteiger partial charge is 0.273 e. The van der Waals surface area contributed by atoms with Gasteiger partial charge >= 0.3 is 0 Å². The minimum Gasteiger partial charge on any atom is -0.336 e. The second kappa shape index (κ2) is 7.80. The van der Waals surface area contributed by atoms with Crippen LogP contribution in [-0.4, -0.2) is 46.8 Å². The molecule has 1 amide bonds. The molecule has 3 rings (SSSR count). The third-order valence-corrected chi connectivity index (χ3v) is 4.72. The van der Waals surface area contributed by atoms with Crippen molar-refractivity contribution in [1.29, 1.82) is 0 Å². The molecule has 0 unspecified atom stereocenters. The molecule has 1 fully saturated rings. The van der Waals surface area contributed by atoms with Gasteiger partial charge < -0.3 is 4.90 Å². The number of carbonyl (C=O) groups excluding carboxylic acids is 1. The van der Waals surface area contributed by atoms with Crippen molar-refractivity contribution in [3.63, 3.8) is 0 Å². The van der Waals surface area contributed by atoms with Gasteiger partial charge in [-0.25, -0.2) is 4.39 Å². The van der Waals surface area contributed by atoms with Gasteiger partial charge in [0.2, 0.25) is 0 Å². The fourth-order valence-corrected chi connectivity index (χ4v) is 3.25. The molecule has 0 bridgehead atoms. The molecule has 0 aliphatic carbocycles. The third kappa shape index (κ3) is 4.00. The zero-order valence-corrected chi connectivity index (χ0v) is 14.7. The Balaban J connectivity index is 1.63.